The zero-order valence-electron chi connectivity index (χ0n) is 15.8. The number of aldehydes is 1. The molecule has 0 fully saturated rings. The molecule has 142 valence electrons. The molecule has 5 heteroatoms. The van der Waals surface area contributed by atoms with Gasteiger partial charge in [0.1, 0.15) is 23.5 Å². The third-order valence-electron chi connectivity index (χ3n) is 4.56. The molecule has 0 amide bonds. The Labute approximate surface area is 167 Å². The van der Waals surface area contributed by atoms with Crippen molar-refractivity contribution in [3.8, 4) is 33.9 Å². The number of carbonyl (C=O) groups excluding carboxylic acids is 1. The van der Waals surface area contributed by atoms with E-state index in [-0.39, 0.29) is 5.56 Å². The van der Waals surface area contributed by atoms with E-state index < -0.39 is 0 Å². The highest BCUT2D eigenvalue weighted by Gasteiger charge is 2.16. The summed E-state index contributed by atoms with van der Waals surface area (Å²) in [6, 6.07) is 25.7. The standard InChI is InChI=1S/C24H18N2O3/c1-26-23(28)15-21(18-13-11-17(16-27)12-14-18)24(25-26)20-9-5-6-10-22(20)29-19-7-3-2-4-8-19/h2-16H,1H3. The summed E-state index contributed by atoms with van der Waals surface area (Å²) in [5, 5.41) is 4.52. The maximum absolute atomic E-state index is 12.3. The van der Waals surface area contributed by atoms with Crippen molar-refractivity contribution < 1.29 is 9.53 Å². The molecule has 0 atom stereocenters. The normalized spacial score (nSPS) is 10.5. The molecule has 29 heavy (non-hydrogen) atoms. The van der Waals surface area contributed by atoms with E-state index in [0.29, 0.717) is 28.3 Å². The fraction of sp³-hybridized carbons (Fsp3) is 0.0417. The van der Waals surface area contributed by atoms with Crippen molar-refractivity contribution in [3.63, 3.8) is 0 Å². The lowest BCUT2D eigenvalue weighted by Crippen LogP contribution is -2.19. The second-order valence-electron chi connectivity index (χ2n) is 6.52. The predicted molar refractivity (Wildman–Crippen MR) is 112 cm³/mol. The largest absolute Gasteiger partial charge is 0.457 e. The molecule has 0 saturated heterocycles. The zero-order valence-corrected chi connectivity index (χ0v) is 15.8. The number of aromatic nitrogens is 2. The van der Waals surface area contributed by atoms with Crippen molar-refractivity contribution in [2.24, 2.45) is 7.05 Å². The van der Waals surface area contributed by atoms with Gasteiger partial charge in [-0.2, -0.15) is 5.10 Å². The summed E-state index contributed by atoms with van der Waals surface area (Å²) in [6.45, 7) is 0. The fourth-order valence-corrected chi connectivity index (χ4v) is 3.07. The molecule has 0 bridgehead atoms. The van der Waals surface area contributed by atoms with E-state index in [0.717, 1.165) is 17.4 Å². The van der Waals surface area contributed by atoms with Gasteiger partial charge in [0.2, 0.25) is 0 Å². The summed E-state index contributed by atoms with van der Waals surface area (Å²) >= 11 is 0. The van der Waals surface area contributed by atoms with Gasteiger partial charge in [-0.1, -0.05) is 54.6 Å². The van der Waals surface area contributed by atoms with Crippen LogP contribution in [0.1, 0.15) is 10.4 Å². The van der Waals surface area contributed by atoms with Gasteiger partial charge < -0.3 is 4.74 Å². The quantitative estimate of drug-likeness (QED) is 0.469. The van der Waals surface area contributed by atoms with Crippen molar-refractivity contribution in [3.05, 3.63) is 101 Å². The van der Waals surface area contributed by atoms with Crippen LogP contribution in [-0.4, -0.2) is 16.1 Å². The van der Waals surface area contributed by atoms with E-state index in [4.69, 9.17) is 4.74 Å². The van der Waals surface area contributed by atoms with Crippen LogP contribution in [0.2, 0.25) is 0 Å². The van der Waals surface area contributed by atoms with Crippen molar-refractivity contribution >= 4 is 6.29 Å². The van der Waals surface area contributed by atoms with Crippen molar-refractivity contribution in [2.45, 2.75) is 0 Å². The lowest BCUT2D eigenvalue weighted by molar-refractivity contribution is 0.112. The zero-order chi connectivity index (χ0) is 20.2. The summed E-state index contributed by atoms with van der Waals surface area (Å²) < 4.78 is 7.39. The highest BCUT2D eigenvalue weighted by Crippen LogP contribution is 2.36. The lowest BCUT2D eigenvalue weighted by Gasteiger charge is -2.15. The Balaban J connectivity index is 1.88. The summed E-state index contributed by atoms with van der Waals surface area (Å²) in [4.78, 5) is 23.3. The molecule has 0 aliphatic rings. The third kappa shape index (κ3) is 3.84. The molecule has 1 aromatic heterocycles. The smallest absolute Gasteiger partial charge is 0.267 e. The first-order chi connectivity index (χ1) is 14.2. The van der Waals surface area contributed by atoms with Gasteiger partial charge in [-0.3, -0.25) is 9.59 Å². The Morgan fingerprint density at radius 2 is 1.55 bits per heavy atom. The number of rotatable bonds is 5. The van der Waals surface area contributed by atoms with Crippen LogP contribution < -0.4 is 10.3 Å². The second kappa shape index (κ2) is 7.94. The highest BCUT2D eigenvalue weighted by atomic mass is 16.5. The third-order valence-corrected chi connectivity index (χ3v) is 4.56. The first kappa shape index (κ1) is 18.4. The molecule has 0 aliphatic carbocycles. The van der Waals surface area contributed by atoms with E-state index in [1.807, 2.05) is 66.7 Å². The number of aryl methyl sites for hydroxylation is 1. The van der Waals surface area contributed by atoms with E-state index in [1.165, 1.54) is 4.68 Å². The van der Waals surface area contributed by atoms with Crippen LogP contribution in [0.3, 0.4) is 0 Å². The van der Waals surface area contributed by atoms with Crippen molar-refractivity contribution in [1.29, 1.82) is 0 Å². The van der Waals surface area contributed by atoms with E-state index >= 15 is 0 Å². The number of nitrogens with zero attached hydrogens (tertiary/aromatic N) is 2. The molecule has 3 aromatic carbocycles. The van der Waals surface area contributed by atoms with Gasteiger partial charge in [0, 0.05) is 29.8 Å². The van der Waals surface area contributed by atoms with Crippen LogP contribution in [0, 0.1) is 0 Å². The molecule has 0 aliphatic heterocycles. The highest BCUT2D eigenvalue weighted by molar-refractivity contribution is 5.84. The monoisotopic (exact) mass is 382 g/mol. The van der Waals surface area contributed by atoms with Crippen LogP contribution in [0.5, 0.6) is 11.5 Å². The van der Waals surface area contributed by atoms with Gasteiger partial charge in [-0.05, 0) is 29.8 Å². The number of hydrogen-bond acceptors (Lipinski definition) is 4. The Hall–Kier alpha value is -3.99. The molecule has 0 radical (unpaired) electrons. The molecule has 4 aromatic rings. The van der Waals surface area contributed by atoms with Gasteiger partial charge in [-0.25, -0.2) is 4.68 Å². The first-order valence-corrected chi connectivity index (χ1v) is 9.12. The van der Waals surface area contributed by atoms with E-state index in [2.05, 4.69) is 5.10 Å². The number of hydrogen-bond donors (Lipinski definition) is 0. The Kier molecular flexibility index (Phi) is 5.03. The van der Waals surface area contributed by atoms with Crippen LogP contribution in [-0.2, 0) is 7.05 Å². The van der Waals surface area contributed by atoms with Crippen molar-refractivity contribution in [1.82, 2.24) is 9.78 Å². The fourth-order valence-electron chi connectivity index (χ4n) is 3.07. The molecule has 1 heterocycles. The minimum Gasteiger partial charge on any atom is -0.457 e. The molecule has 0 saturated carbocycles. The second-order valence-corrected chi connectivity index (χ2v) is 6.52. The van der Waals surface area contributed by atoms with Gasteiger partial charge in [-0.15, -0.1) is 0 Å². The average molecular weight is 382 g/mol. The van der Waals surface area contributed by atoms with Gasteiger partial charge in [0.05, 0.1) is 0 Å². The SMILES string of the molecule is Cn1nc(-c2ccccc2Oc2ccccc2)c(-c2ccc(C=O)cc2)cc1=O. The maximum Gasteiger partial charge on any atom is 0.267 e. The van der Waals surface area contributed by atoms with Crippen molar-refractivity contribution in [2.75, 3.05) is 0 Å². The maximum atomic E-state index is 12.3. The van der Waals surface area contributed by atoms with E-state index in [9.17, 15) is 9.59 Å². The first-order valence-electron chi connectivity index (χ1n) is 9.12. The van der Waals surface area contributed by atoms with Crippen LogP contribution in [0.25, 0.3) is 22.4 Å². The topological polar surface area (TPSA) is 61.2 Å². The summed E-state index contributed by atoms with van der Waals surface area (Å²) in [5.74, 6) is 1.34. The molecule has 0 unspecified atom stereocenters. The van der Waals surface area contributed by atoms with Gasteiger partial charge in [0.25, 0.3) is 5.56 Å². The van der Waals surface area contributed by atoms with Crippen LogP contribution >= 0.6 is 0 Å². The average Bonchev–Trinajstić information content (AvgIpc) is 2.77. The molecular weight excluding hydrogens is 364 g/mol. The molecule has 4 rings (SSSR count). The Bertz CT molecular complexity index is 1210. The number of benzene rings is 3. The summed E-state index contributed by atoms with van der Waals surface area (Å²) in [7, 11) is 1.62. The number of ether oxygens (including phenoxy) is 1. The molecular formula is C24H18N2O3. The molecule has 0 spiro atoms. The number of carbonyl (C=O) groups is 1. The molecule has 5 nitrogen and oxygen atoms in total. The van der Waals surface area contributed by atoms with E-state index in [1.54, 1.807) is 25.2 Å². The van der Waals surface area contributed by atoms with Crippen LogP contribution in [0.15, 0.2) is 89.7 Å². The Morgan fingerprint density at radius 3 is 2.28 bits per heavy atom. The van der Waals surface area contributed by atoms with Gasteiger partial charge >= 0.3 is 0 Å². The summed E-state index contributed by atoms with van der Waals surface area (Å²) in [5.41, 5.74) is 3.21. The minimum atomic E-state index is -0.218. The Morgan fingerprint density at radius 1 is 0.862 bits per heavy atom. The molecule has 0 N–H and O–H groups in total. The predicted octanol–water partition coefficient (Wildman–Crippen LogP) is 4.72. The number of para-hydroxylation sites is 2. The lowest BCUT2D eigenvalue weighted by atomic mass is 9.98. The van der Waals surface area contributed by atoms with Crippen LogP contribution in [0.4, 0.5) is 0 Å². The van der Waals surface area contributed by atoms with Gasteiger partial charge in [0.15, 0.2) is 0 Å². The minimum absolute atomic E-state index is 0.218. The summed E-state index contributed by atoms with van der Waals surface area (Å²) in [6.07, 6.45) is 0.788.